The summed E-state index contributed by atoms with van der Waals surface area (Å²) in [6, 6.07) is 23.2. The number of rotatable bonds is 2. The van der Waals surface area contributed by atoms with E-state index in [2.05, 4.69) is 98.4 Å². The highest BCUT2D eigenvalue weighted by Crippen LogP contribution is 2.50. The highest BCUT2D eigenvalue weighted by molar-refractivity contribution is 9.11. The van der Waals surface area contributed by atoms with Crippen LogP contribution >= 0.6 is 31.9 Å². The summed E-state index contributed by atoms with van der Waals surface area (Å²) in [6.07, 6.45) is 0.600. The minimum absolute atomic E-state index is 0.138. The number of hydrogen-bond acceptors (Lipinski definition) is 3. The third-order valence-electron chi connectivity index (χ3n) is 5.28. The summed E-state index contributed by atoms with van der Waals surface area (Å²) >= 11 is 7.32. The molecular weight excluding hydrogens is 480 g/mol. The molecule has 2 atom stereocenters. The van der Waals surface area contributed by atoms with Gasteiger partial charge in [-0.05, 0) is 40.5 Å². The molecule has 2 heterocycles. The van der Waals surface area contributed by atoms with Crippen LogP contribution in [0, 0.1) is 6.92 Å². The van der Waals surface area contributed by atoms with Gasteiger partial charge in [0.2, 0.25) is 6.23 Å². The topological polar surface area (TPSA) is 24.8 Å². The molecule has 140 valence electrons. The predicted octanol–water partition coefficient (Wildman–Crippen LogP) is 6.76. The summed E-state index contributed by atoms with van der Waals surface area (Å²) in [4.78, 5) is 0. The van der Waals surface area contributed by atoms with Gasteiger partial charge in [0.1, 0.15) is 5.75 Å². The second-order valence-corrected chi connectivity index (χ2v) is 8.97. The standard InChI is InChI=1S/C23H18Br2N2O/c1-14-7-9-16(10-8-14)23-27-21(13-20(26-27)15-5-3-2-4-6-15)18-11-17(24)12-19(25)22(18)28-23/h2-12,21,23H,13H2,1H3/t21-,23+/m0/s1. The second kappa shape index (κ2) is 7.05. The number of nitrogens with zero attached hydrogens (tertiary/aromatic N) is 2. The average molecular weight is 498 g/mol. The van der Waals surface area contributed by atoms with Gasteiger partial charge in [0.15, 0.2) is 0 Å². The van der Waals surface area contributed by atoms with Gasteiger partial charge >= 0.3 is 0 Å². The van der Waals surface area contributed by atoms with E-state index in [1.54, 1.807) is 0 Å². The van der Waals surface area contributed by atoms with E-state index in [-0.39, 0.29) is 12.3 Å². The predicted molar refractivity (Wildman–Crippen MR) is 119 cm³/mol. The highest BCUT2D eigenvalue weighted by Gasteiger charge is 2.41. The fourth-order valence-electron chi connectivity index (χ4n) is 3.87. The molecule has 2 aliphatic rings. The second-order valence-electron chi connectivity index (χ2n) is 7.20. The van der Waals surface area contributed by atoms with Crippen LogP contribution in [0.1, 0.15) is 40.9 Å². The smallest absolute Gasteiger partial charge is 0.213 e. The number of ether oxygens (including phenoxy) is 1. The van der Waals surface area contributed by atoms with E-state index in [1.165, 1.54) is 5.56 Å². The van der Waals surface area contributed by atoms with E-state index in [0.29, 0.717) is 0 Å². The molecule has 0 aromatic heterocycles. The molecule has 5 rings (SSSR count). The Morgan fingerprint density at radius 3 is 2.50 bits per heavy atom. The zero-order valence-corrected chi connectivity index (χ0v) is 18.4. The van der Waals surface area contributed by atoms with Crippen LogP contribution in [0.15, 0.2) is 80.8 Å². The summed E-state index contributed by atoms with van der Waals surface area (Å²) in [7, 11) is 0. The van der Waals surface area contributed by atoms with Gasteiger partial charge in [-0.1, -0.05) is 76.1 Å². The van der Waals surface area contributed by atoms with Crippen molar-refractivity contribution in [3.05, 3.63) is 97.9 Å². The number of fused-ring (bicyclic) bond motifs is 3. The van der Waals surface area contributed by atoms with Crippen LogP contribution in [-0.2, 0) is 0 Å². The summed E-state index contributed by atoms with van der Waals surface area (Å²) in [5.74, 6) is 0.902. The van der Waals surface area contributed by atoms with Crippen LogP contribution < -0.4 is 4.74 Å². The normalized spacial score (nSPS) is 20.2. The Morgan fingerprint density at radius 2 is 1.75 bits per heavy atom. The number of halogens is 2. The van der Waals surface area contributed by atoms with E-state index >= 15 is 0 Å². The molecule has 3 aromatic carbocycles. The van der Waals surface area contributed by atoms with Crippen molar-refractivity contribution in [1.82, 2.24) is 5.01 Å². The van der Waals surface area contributed by atoms with Crippen molar-refractivity contribution >= 4 is 37.6 Å². The highest BCUT2D eigenvalue weighted by atomic mass is 79.9. The van der Waals surface area contributed by atoms with Gasteiger partial charge < -0.3 is 4.74 Å². The van der Waals surface area contributed by atoms with Crippen molar-refractivity contribution in [1.29, 1.82) is 0 Å². The molecule has 0 amide bonds. The zero-order valence-electron chi connectivity index (χ0n) is 15.3. The molecule has 0 fully saturated rings. The first-order valence-electron chi connectivity index (χ1n) is 9.23. The fraction of sp³-hybridized carbons (Fsp3) is 0.174. The minimum atomic E-state index is -0.253. The van der Waals surface area contributed by atoms with Crippen molar-refractivity contribution in [2.75, 3.05) is 0 Å². The molecule has 2 aliphatic heterocycles. The molecule has 0 bridgehead atoms. The van der Waals surface area contributed by atoms with Gasteiger partial charge in [-0.2, -0.15) is 5.10 Å². The Hall–Kier alpha value is -2.11. The lowest BCUT2D eigenvalue weighted by atomic mass is 9.96. The van der Waals surface area contributed by atoms with Crippen LogP contribution in [0.4, 0.5) is 0 Å². The van der Waals surface area contributed by atoms with E-state index in [1.807, 2.05) is 12.1 Å². The Kier molecular flexibility index (Phi) is 4.52. The minimum Gasteiger partial charge on any atom is -0.463 e. The van der Waals surface area contributed by atoms with Gasteiger partial charge in [0.05, 0.1) is 16.2 Å². The van der Waals surface area contributed by atoms with Crippen molar-refractivity contribution in [2.24, 2.45) is 5.10 Å². The first kappa shape index (κ1) is 18.0. The molecule has 0 saturated heterocycles. The molecular formula is C23H18Br2N2O. The summed E-state index contributed by atoms with van der Waals surface area (Å²) in [6.45, 7) is 2.10. The van der Waals surface area contributed by atoms with E-state index < -0.39 is 0 Å². The number of aryl methyl sites for hydroxylation is 1. The number of hydrogen-bond donors (Lipinski definition) is 0. The Morgan fingerprint density at radius 1 is 1.00 bits per heavy atom. The first-order valence-corrected chi connectivity index (χ1v) is 10.8. The summed E-state index contributed by atoms with van der Waals surface area (Å²) in [5, 5.41) is 7.13. The van der Waals surface area contributed by atoms with Crippen molar-refractivity contribution in [3.8, 4) is 5.75 Å². The summed E-state index contributed by atoms with van der Waals surface area (Å²) in [5.41, 5.74) is 5.75. The monoisotopic (exact) mass is 496 g/mol. The molecule has 0 unspecified atom stereocenters. The number of benzene rings is 3. The van der Waals surface area contributed by atoms with Crippen LogP contribution in [-0.4, -0.2) is 10.7 Å². The van der Waals surface area contributed by atoms with Crippen molar-refractivity contribution in [3.63, 3.8) is 0 Å². The molecule has 0 N–H and O–H groups in total. The van der Waals surface area contributed by atoms with E-state index in [4.69, 9.17) is 9.84 Å². The lowest BCUT2D eigenvalue weighted by molar-refractivity contribution is -0.0197. The molecule has 5 heteroatoms. The quantitative estimate of drug-likeness (QED) is 0.390. The Balaban J connectivity index is 1.63. The maximum absolute atomic E-state index is 6.49. The molecule has 0 spiro atoms. The van der Waals surface area contributed by atoms with Gasteiger partial charge in [-0.25, -0.2) is 5.01 Å². The zero-order chi connectivity index (χ0) is 19.3. The summed E-state index contributed by atoms with van der Waals surface area (Å²) < 4.78 is 8.48. The Bertz CT molecular complexity index is 1060. The van der Waals surface area contributed by atoms with Crippen LogP contribution in [0.2, 0.25) is 0 Å². The Labute approximate surface area is 181 Å². The third kappa shape index (κ3) is 3.07. The molecule has 0 saturated carbocycles. The molecule has 3 nitrogen and oxygen atoms in total. The lowest BCUT2D eigenvalue weighted by Crippen LogP contribution is -2.33. The third-order valence-corrected chi connectivity index (χ3v) is 6.32. The van der Waals surface area contributed by atoms with Gasteiger partial charge in [0, 0.05) is 22.0 Å². The fourth-order valence-corrected chi connectivity index (χ4v) is 5.22. The van der Waals surface area contributed by atoms with Gasteiger partial charge in [-0.3, -0.25) is 0 Å². The van der Waals surface area contributed by atoms with Crippen LogP contribution in [0.25, 0.3) is 0 Å². The molecule has 28 heavy (non-hydrogen) atoms. The molecule has 0 radical (unpaired) electrons. The lowest BCUT2D eigenvalue weighted by Gasteiger charge is -2.38. The maximum atomic E-state index is 6.49. The van der Waals surface area contributed by atoms with E-state index in [0.717, 1.165) is 43.5 Å². The molecule has 3 aromatic rings. The first-order chi connectivity index (χ1) is 13.6. The molecule has 0 aliphatic carbocycles. The van der Waals surface area contributed by atoms with Crippen LogP contribution in [0.3, 0.4) is 0 Å². The van der Waals surface area contributed by atoms with E-state index in [9.17, 15) is 0 Å². The largest absolute Gasteiger partial charge is 0.463 e. The number of hydrazone groups is 1. The van der Waals surface area contributed by atoms with Gasteiger partial charge in [-0.15, -0.1) is 0 Å². The SMILES string of the molecule is Cc1ccc([C@H]2Oc3c(Br)cc(Br)cc3[C@@H]3CC(c4ccccc4)=NN23)cc1. The van der Waals surface area contributed by atoms with Crippen molar-refractivity contribution < 1.29 is 4.74 Å². The maximum Gasteiger partial charge on any atom is 0.213 e. The van der Waals surface area contributed by atoms with Crippen molar-refractivity contribution in [2.45, 2.75) is 25.6 Å². The average Bonchev–Trinajstić information content (AvgIpc) is 3.15. The van der Waals surface area contributed by atoms with Gasteiger partial charge in [0.25, 0.3) is 0 Å². The van der Waals surface area contributed by atoms with Crippen LogP contribution in [0.5, 0.6) is 5.75 Å².